The van der Waals surface area contributed by atoms with Crippen LogP contribution < -0.4 is 0 Å². The van der Waals surface area contributed by atoms with Crippen LogP contribution in [0.1, 0.15) is 16.7 Å². The standard InChI is InChI=1S/C61H35N7/c62-36-39-23-25-59(52(30-39)46-28-40(37-63)27-41(29-46)38-64)68-58-22-12-9-19-51(58)53-34-44(24-26-60(53)68)45-31-47(33-48(32-45)67-56-20-10-7-17-49(56)50-18-8-11-21-57(50)67)55-35-54(42-13-3-1-4-14-42)65-61(66-55)43-15-5-2-6-16-43/h1-35H. The van der Waals surface area contributed by atoms with E-state index in [4.69, 9.17) is 9.97 Å². The number of fused-ring (bicyclic) bond motifs is 6. The molecule has 314 valence electrons. The van der Waals surface area contributed by atoms with Crippen molar-refractivity contribution in [2.75, 3.05) is 0 Å². The van der Waals surface area contributed by atoms with Crippen molar-refractivity contribution >= 4 is 43.6 Å². The first kappa shape index (κ1) is 39.7. The van der Waals surface area contributed by atoms with Crippen LogP contribution in [0.15, 0.2) is 212 Å². The number of aromatic nitrogens is 4. The lowest BCUT2D eigenvalue weighted by molar-refractivity contribution is 1.16. The molecule has 0 aliphatic carbocycles. The number of para-hydroxylation sites is 3. The van der Waals surface area contributed by atoms with E-state index in [2.05, 4.69) is 149 Å². The molecule has 3 aromatic heterocycles. The van der Waals surface area contributed by atoms with Gasteiger partial charge in [0.1, 0.15) is 0 Å². The van der Waals surface area contributed by atoms with Gasteiger partial charge in [-0.1, -0.05) is 121 Å². The molecule has 0 spiro atoms. The van der Waals surface area contributed by atoms with Gasteiger partial charge in [-0.2, -0.15) is 15.8 Å². The van der Waals surface area contributed by atoms with E-state index in [-0.39, 0.29) is 0 Å². The summed E-state index contributed by atoms with van der Waals surface area (Å²) in [5.74, 6) is 0.644. The summed E-state index contributed by atoms with van der Waals surface area (Å²) >= 11 is 0. The number of benzene rings is 9. The molecule has 0 fully saturated rings. The molecule has 9 aromatic carbocycles. The summed E-state index contributed by atoms with van der Waals surface area (Å²) in [6.45, 7) is 0. The van der Waals surface area contributed by atoms with Gasteiger partial charge in [0.25, 0.3) is 0 Å². The van der Waals surface area contributed by atoms with Crippen molar-refractivity contribution in [3.05, 3.63) is 229 Å². The van der Waals surface area contributed by atoms with Crippen molar-refractivity contribution in [1.82, 2.24) is 19.1 Å². The van der Waals surface area contributed by atoms with Crippen LogP contribution in [0.4, 0.5) is 0 Å². The first-order valence-electron chi connectivity index (χ1n) is 22.2. The molecule has 3 heterocycles. The summed E-state index contributed by atoms with van der Waals surface area (Å²) < 4.78 is 4.57. The number of nitrogens with zero attached hydrogens (tertiary/aromatic N) is 7. The van der Waals surface area contributed by atoms with Crippen molar-refractivity contribution in [1.29, 1.82) is 15.8 Å². The normalized spacial score (nSPS) is 11.2. The van der Waals surface area contributed by atoms with Gasteiger partial charge in [-0.3, -0.25) is 0 Å². The topological polar surface area (TPSA) is 107 Å². The second kappa shape index (κ2) is 16.3. The van der Waals surface area contributed by atoms with Gasteiger partial charge in [-0.15, -0.1) is 0 Å². The maximum Gasteiger partial charge on any atom is 0.160 e. The molecule has 0 radical (unpaired) electrons. The molecule has 68 heavy (non-hydrogen) atoms. The van der Waals surface area contributed by atoms with Crippen LogP contribution in [0, 0.1) is 34.0 Å². The summed E-state index contributed by atoms with van der Waals surface area (Å²) in [6.07, 6.45) is 0. The van der Waals surface area contributed by atoms with Gasteiger partial charge >= 0.3 is 0 Å². The fourth-order valence-corrected chi connectivity index (χ4v) is 9.68. The minimum Gasteiger partial charge on any atom is -0.309 e. The van der Waals surface area contributed by atoms with Crippen molar-refractivity contribution in [3.8, 4) is 85.7 Å². The molecule has 7 nitrogen and oxygen atoms in total. The Kier molecular flexibility index (Phi) is 9.51. The van der Waals surface area contributed by atoms with Crippen LogP contribution in [0.25, 0.3) is 111 Å². The van der Waals surface area contributed by atoms with E-state index in [1.807, 2.05) is 72.8 Å². The molecule has 0 unspecified atom stereocenters. The van der Waals surface area contributed by atoms with Crippen molar-refractivity contribution in [2.24, 2.45) is 0 Å². The predicted molar refractivity (Wildman–Crippen MR) is 272 cm³/mol. The molecule has 0 aliphatic rings. The molecule has 0 N–H and O–H groups in total. The molecule has 7 heteroatoms. The average molecular weight is 866 g/mol. The van der Waals surface area contributed by atoms with E-state index < -0.39 is 0 Å². The average Bonchev–Trinajstić information content (AvgIpc) is 3.93. The monoisotopic (exact) mass is 865 g/mol. The minimum atomic E-state index is 0.372. The Bertz CT molecular complexity index is 3980. The SMILES string of the molecule is N#Cc1cc(C#N)cc(-c2cc(C#N)ccc2-n2c3ccccc3c3cc(-c4cc(-c5cc(-c6ccccc6)nc(-c6ccccc6)n5)cc(-n5c6ccccc6c6ccccc65)c4)ccc32)c1. The molecule has 0 atom stereocenters. The summed E-state index contributed by atoms with van der Waals surface area (Å²) in [5.41, 5.74) is 15.1. The Morgan fingerprint density at radius 1 is 0.324 bits per heavy atom. The van der Waals surface area contributed by atoms with E-state index >= 15 is 0 Å². The maximum atomic E-state index is 10.1. The highest BCUT2D eigenvalue weighted by Gasteiger charge is 2.20. The zero-order valence-electron chi connectivity index (χ0n) is 36.3. The van der Waals surface area contributed by atoms with Crippen LogP contribution in [-0.2, 0) is 0 Å². The molecule has 0 saturated heterocycles. The number of hydrogen-bond acceptors (Lipinski definition) is 5. The molecule has 0 saturated carbocycles. The molecular formula is C61H35N7. The van der Waals surface area contributed by atoms with Crippen molar-refractivity contribution in [2.45, 2.75) is 0 Å². The number of nitriles is 3. The third-order valence-electron chi connectivity index (χ3n) is 12.8. The van der Waals surface area contributed by atoms with Gasteiger partial charge in [-0.25, -0.2) is 9.97 Å². The smallest absolute Gasteiger partial charge is 0.160 e. The Labute approximate surface area is 391 Å². The Morgan fingerprint density at radius 3 is 1.49 bits per heavy atom. The Hall–Kier alpha value is -9.87. The highest BCUT2D eigenvalue weighted by atomic mass is 15.0. The van der Waals surface area contributed by atoms with Crippen LogP contribution in [0.5, 0.6) is 0 Å². The van der Waals surface area contributed by atoms with E-state index in [1.54, 1.807) is 18.2 Å². The van der Waals surface area contributed by atoms with Gasteiger partial charge in [0, 0.05) is 49.5 Å². The number of hydrogen-bond donors (Lipinski definition) is 0. The van der Waals surface area contributed by atoms with Crippen LogP contribution in [0.2, 0.25) is 0 Å². The lowest BCUT2D eigenvalue weighted by Gasteiger charge is -2.16. The van der Waals surface area contributed by atoms with Crippen molar-refractivity contribution < 1.29 is 0 Å². The molecular weight excluding hydrogens is 831 g/mol. The van der Waals surface area contributed by atoms with Gasteiger partial charge in [-0.05, 0) is 108 Å². The first-order valence-corrected chi connectivity index (χ1v) is 22.2. The first-order chi connectivity index (χ1) is 33.5. The second-order valence-electron chi connectivity index (χ2n) is 16.8. The van der Waals surface area contributed by atoms with Crippen LogP contribution in [0.3, 0.4) is 0 Å². The summed E-state index contributed by atoms with van der Waals surface area (Å²) in [7, 11) is 0. The van der Waals surface area contributed by atoms with Gasteiger partial charge in [0.2, 0.25) is 0 Å². The highest BCUT2D eigenvalue weighted by Crippen LogP contribution is 2.41. The zero-order chi connectivity index (χ0) is 45.7. The molecule has 0 aliphatic heterocycles. The second-order valence-corrected chi connectivity index (χ2v) is 16.8. The van der Waals surface area contributed by atoms with Crippen molar-refractivity contribution in [3.63, 3.8) is 0 Å². The molecule has 12 rings (SSSR count). The van der Waals surface area contributed by atoms with Gasteiger partial charge in [0.05, 0.1) is 74.0 Å². The van der Waals surface area contributed by atoms with E-state index in [0.717, 1.165) is 89.0 Å². The van der Waals surface area contributed by atoms with Gasteiger partial charge in [0.15, 0.2) is 5.82 Å². The van der Waals surface area contributed by atoms with Gasteiger partial charge < -0.3 is 9.13 Å². The zero-order valence-corrected chi connectivity index (χ0v) is 36.3. The lowest BCUT2D eigenvalue weighted by atomic mass is 9.97. The fraction of sp³-hybridized carbons (Fsp3) is 0. The Balaban J connectivity index is 1.11. The molecule has 0 bridgehead atoms. The van der Waals surface area contributed by atoms with E-state index in [0.29, 0.717) is 28.1 Å². The minimum absolute atomic E-state index is 0.372. The lowest BCUT2D eigenvalue weighted by Crippen LogP contribution is -1.99. The third kappa shape index (κ3) is 6.74. The summed E-state index contributed by atoms with van der Waals surface area (Å²) in [6, 6.07) is 78.7. The van der Waals surface area contributed by atoms with Crippen LogP contribution in [-0.4, -0.2) is 19.1 Å². The fourth-order valence-electron chi connectivity index (χ4n) is 9.68. The summed E-state index contributed by atoms with van der Waals surface area (Å²) in [4.78, 5) is 10.4. The number of rotatable bonds is 7. The third-order valence-corrected chi connectivity index (χ3v) is 12.8. The molecule has 0 amide bonds. The predicted octanol–water partition coefficient (Wildman–Crippen LogP) is 14.6. The largest absolute Gasteiger partial charge is 0.309 e. The van der Waals surface area contributed by atoms with E-state index in [9.17, 15) is 15.8 Å². The van der Waals surface area contributed by atoms with Crippen LogP contribution >= 0.6 is 0 Å². The Morgan fingerprint density at radius 2 is 0.853 bits per heavy atom. The van der Waals surface area contributed by atoms with E-state index in [1.165, 1.54) is 10.8 Å². The maximum absolute atomic E-state index is 10.1. The highest BCUT2D eigenvalue weighted by molar-refractivity contribution is 6.12. The quantitative estimate of drug-likeness (QED) is 0.159. The summed E-state index contributed by atoms with van der Waals surface area (Å²) in [5, 5.41) is 34.4. The molecule has 12 aromatic rings.